The molecule has 5 atom stereocenters. The molecule has 0 spiro atoms. The van der Waals surface area contributed by atoms with E-state index >= 15 is 0 Å². The van der Waals surface area contributed by atoms with Crippen LogP contribution < -0.4 is 27.4 Å². The molecule has 15 heteroatoms. The highest BCUT2D eigenvalue weighted by Gasteiger charge is 2.33. The molecule has 1 aromatic rings. The number of nitrogens with two attached hydrogens (primary N) is 2. The largest absolute Gasteiger partial charge is 0.508 e. The van der Waals surface area contributed by atoms with Crippen LogP contribution in [-0.2, 0) is 35.2 Å². The van der Waals surface area contributed by atoms with Gasteiger partial charge in [0.05, 0.1) is 18.6 Å². The van der Waals surface area contributed by atoms with Crippen LogP contribution in [0.3, 0.4) is 0 Å². The van der Waals surface area contributed by atoms with Gasteiger partial charge in [0.1, 0.15) is 23.9 Å². The number of amides is 4. The van der Waals surface area contributed by atoms with E-state index in [4.69, 9.17) is 16.6 Å². The number of phenolic OH excluding ortho intramolecular Hbond substituents is 1. The van der Waals surface area contributed by atoms with E-state index in [1.807, 2.05) is 0 Å². The van der Waals surface area contributed by atoms with Crippen molar-refractivity contribution < 1.29 is 49.2 Å². The van der Waals surface area contributed by atoms with Gasteiger partial charge in [-0.2, -0.15) is 0 Å². The zero-order valence-electron chi connectivity index (χ0n) is 19.9. The SMILES string of the molecule is CC(O)C(NC(=O)C(CC(=O)O)NC(=O)C(N)Cc1ccc(O)cc1)C(=O)NC(CCC(N)=O)C(=O)O. The molecule has 0 saturated carbocycles. The average Bonchev–Trinajstić information content (AvgIpc) is 2.79. The number of phenols is 1. The number of hydrogen-bond donors (Lipinski definition) is 9. The number of carboxylic acid groups (broad SMARTS) is 2. The van der Waals surface area contributed by atoms with Gasteiger partial charge in [-0.3, -0.25) is 24.0 Å². The molecular formula is C22H31N5O10. The first-order chi connectivity index (χ1) is 17.2. The Balaban J connectivity index is 2.93. The Morgan fingerprint density at radius 2 is 1.46 bits per heavy atom. The summed E-state index contributed by atoms with van der Waals surface area (Å²) in [6.07, 6.45) is -3.18. The van der Waals surface area contributed by atoms with Crippen LogP contribution in [0.4, 0.5) is 0 Å². The number of aliphatic hydroxyl groups is 1. The molecule has 37 heavy (non-hydrogen) atoms. The Kier molecular flexibility index (Phi) is 11.9. The number of rotatable bonds is 15. The van der Waals surface area contributed by atoms with Gasteiger partial charge in [0.2, 0.25) is 23.6 Å². The number of primary amides is 1. The van der Waals surface area contributed by atoms with E-state index < -0.39 is 72.3 Å². The van der Waals surface area contributed by atoms with Crippen LogP contribution in [0.25, 0.3) is 0 Å². The lowest BCUT2D eigenvalue weighted by Gasteiger charge is -2.26. The fourth-order valence-electron chi connectivity index (χ4n) is 3.11. The number of carboxylic acids is 2. The topological polar surface area (TPSA) is 271 Å². The molecule has 15 nitrogen and oxygen atoms in total. The summed E-state index contributed by atoms with van der Waals surface area (Å²) in [7, 11) is 0. The van der Waals surface area contributed by atoms with Gasteiger partial charge in [-0.25, -0.2) is 4.79 Å². The molecule has 0 radical (unpaired) electrons. The fraction of sp³-hybridized carbons (Fsp3) is 0.455. The van der Waals surface area contributed by atoms with Gasteiger partial charge >= 0.3 is 11.9 Å². The smallest absolute Gasteiger partial charge is 0.326 e. The van der Waals surface area contributed by atoms with Crippen molar-refractivity contribution in [3.8, 4) is 5.75 Å². The van der Waals surface area contributed by atoms with Crippen molar-refractivity contribution in [2.24, 2.45) is 11.5 Å². The van der Waals surface area contributed by atoms with E-state index in [0.717, 1.165) is 6.92 Å². The summed E-state index contributed by atoms with van der Waals surface area (Å²) in [4.78, 5) is 71.4. The number of hydrogen-bond acceptors (Lipinski definition) is 9. The first-order valence-electron chi connectivity index (χ1n) is 11.1. The molecule has 1 aromatic carbocycles. The van der Waals surface area contributed by atoms with E-state index in [2.05, 4.69) is 16.0 Å². The minimum Gasteiger partial charge on any atom is -0.508 e. The quantitative estimate of drug-likeness (QED) is 0.111. The van der Waals surface area contributed by atoms with E-state index in [1.54, 1.807) is 0 Å². The monoisotopic (exact) mass is 525 g/mol. The molecule has 4 amide bonds. The summed E-state index contributed by atoms with van der Waals surface area (Å²) >= 11 is 0. The number of carbonyl (C=O) groups excluding carboxylic acids is 4. The summed E-state index contributed by atoms with van der Waals surface area (Å²) < 4.78 is 0. The van der Waals surface area contributed by atoms with E-state index in [-0.39, 0.29) is 25.0 Å². The number of aliphatic hydroxyl groups excluding tert-OH is 1. The lowest BCUT2D eigenvalue weighted by atomic mass is 10.0. The van der Waals surface area contributed by atoms with Crippen LogP contribution in [0.15, 0.2) is 24.3 Å². The molecular weight excluding hydrogens is 494 g/mol. The molecule has 0 saturated heterocycles. The molecule has 0 aliphatic heterocycles. The highest BCUT2D eigenvalue weighted by Crippen LogP contribution is 2.11. The standard InChI is InChI=1S/C22H31N5O10/c1-10(28)18(21(35)25-14(22(36)37)6-7-16(24)30)27-20(34)15(9-17(31)32)26-19(33)13(23)8-11-2-4-12(29)5-3-11/h2-5,10,13-15,18,28-29H,6-9,23H2,1H3,(H2,24,30)(H,25,35)(H,26,33)(H,27,34)(H,31,32)(H,36,37). The van der Waals surface area contributed by atoms with Gasteiger partial charge < -0.3 is 47.8 Å². The van der Waals surface area contributed by atoms with E-state index in [0.29, 0.717) is 5.56 Å². The second-order valence-electron chi connectivity index (χ2n) is 8.27. The lowest BCUT2D eigenvalue weighted by Crippen LogP contribution is -2.60. The first-order valence-corrected chi connectivity index (χ1v) is 11.1. The highest BCUT2D eigenvalue weighted by atomic mass is 16.4. The number of nitrogens with one attached hydrogen (secondary N) is 3. The summed E-state index contributed by atoms with van der Waals surface area (Å²) in [5.74, 6) is -6.95. The Morgan fingerprint density at radius 1 is 0.892 bits per heavy atom. The zero-order valence-corrected chi connectivity index (χ0v) is 19.9. The van der Waals surface area contributed by atoms with Crippen LogP contribution in [0, 0.1) is 0 Å². The van der Waals surface area contributed by atoms with Crippen molar-refractivity contribution in [2.45, 2.75) is 62.9 Å². The zero-order chi connectivity index (χ0) is 28.3. The number of benzene rings is 1. The Morgan fingerprint density at radius 3 is 1.95 bits per heavy atom. The minimum atomic E-state index is -1.73. The summed E-state index contributed by atoms with van der Waals surface area (Å²) in [6.45, 7) is 1.11. The third-order valence-electron chi connectivity index (χ3n) is 5.10. The Bertz CT molecular complexity index is 998. The molecule has 5 unspecified atom stereocenters. The van der Waals surface area contributed by atoms with Gasteiger partial charge in [0.25, 0.3) is 0 Å². The summed E-state index contributed by atoms with van der Waals surface area (Å²) in [6, 6.07) is -0.406. The molecule has 0 aromatic heterocycles. The highest BCUT2D eigenvalue weighted by molar-refractivity contribution is 5.96. The van der Waals surface area contributed by atoms with Crippen LogP contribution in [0.5, 0.6) is 5.75 Å². The van der Waals surface area contributed by atoms with Crippen molar-refractivity contribution in [1.29, 1.82) is 0 Å². The fourth-order valence-corrected chi connectivity index (χ4v) is 3.11. The first kappa shape index (κ1) is 30.8. The van der Waals surface area contributed by atoms with Crippen molar-refractivity contribution in [3.63, 3.8) is 0 Å². The lowest BCUT2D eigenvalue weighted by molar-refractivity contribution is -0.144. The number of aromatic hydroxyl groups is 1. The third kappa shape index (κ3) is 10.9. The van der Waals surface area contributed by atoms with Crippen LogP contribution in [0.2, 0.25) is 0 Å². The minimum absolute atomic E-state index is 0.000728. The van der Waals surface area contributed by atoms with Gasteiger partial charge in [-0.05, 0) is 37.5 Å². The van der Waals surface area contributed by atoms with Crippen LogP contribution in [0.1, 0.15) is 31.7 Å². The summed E-state index contributed by atoms with van der Waals surface area (Å²) in [5, 5.41) is 44.1. The van der Waals surface area contributed by atoms with Crippen LogP contribution >= 0.6 is 0 Å². The predicted octanol–water partition coefficient (Wildman–Crippen LogP) is -3.08. The maximum atomic E-state index is 12.8. The molecule has 0 aliphatic rings. The van der Waals surface area contributed by atoms with E-state index in [1.165, 1.54) is 24.3 Å². The van der Waals surface area contributed by atoms with Crippen molar-refractivity contribution in [1.82, 2.24) is 16.0 Å². The maximum Gasteiger partial charge on any atom is 0.326 e. The van der Waals surface area contributed by atoms with Gasteiger partial charge in [0, 0.05) is 6.42 Å². The molecule has 1 rings (SSSR count). The van der Waals surface area contributed by atoms with E-state index in [9.17, 15) is 44.1 Å². The van der Waals surface area contributed by atoms with Crippen molar-refractivity contribution in [3.05, 3.63) is 29.8 Å². The van der Waals surface area contributed by atoms with Gasteiger partial charge in [-0.15, -0.1) is 0 Å². The van der Waals surface area contributed by atoms with Crippen molar-refractivity contribution in [2.75, 3.05) is 0 Å². The normalized spacial score (nSPS) is 14.8. The second-order valence-corrected chi connectivity index (χ2v) is 8.27. The molecule has 0 fully saturated rings. The molecule has 204 valence electrons. The molecule has 0 heterocycles. The van der Waals surface area contributed by atoms with Gasteiger partial charge in [-0.1, -0.05) is 12.1 Å². The molecule has 0 aliphatic carbocycles. The average molecular weight is 526 g/mol. The third-order valence-corrected chi connectivity index (χ3v) is 5.10. The summed E-state index contributed by atoms with van der Waals surface area (Å²) in [5.41, 5.74) is 11.4. The number of carbonyl (C=O) groups is 6. The Labute approximate surface area is 211 Å². The Hall–Kier alpha value is -4.24. The van der Waals surface area contributed by atoms with Crippen LogP contribution in [-0.4, -0.2) is 86.3 Å². The number of aliphatic carboxylic acids is 2. The molecule has 0 bridgehead atoms. The predicted molar refractivity (Wildman–Crippen MR) is 126 cm³/mol. The maximum absolute atomic E-state index is 12.8. The van der Waals surface area contributed by atoms with Crippen molar-refractivity contribution >= 4 is 35.6 Å². The molecule has 11 N–H and O–H groups in total. The van der Waals surface area contributed by atoms with Gasteiger partial charge in [0.15, 0.2) is 0 Å². The second kappa shape index (κ2) is 14.4.